The van der Waals surface area contributed by atoms with Crippen molar-refractivity contribution in [1.29, 1.82) is 0 Å². The third-order valence-electron chi connectivity index (χ3n) is 5.24. The molecule has 0 aromatic carbocycles. The van der Waals surface area contributed by atoms with Crippen LogP contribution in [0.2, 0.25) is 0 Å². The van der Waals surface area contributed by atoms with Crippen molar-refractivity contribution in [2.45, 2.75) is 109 Å². The molecule has 206 valence electrons. The summed E-state index contributed by atoms with van der Waals surface area (Å²) in [5.74, 6) is -1.86. The third-order valence-corrected chi connectivity index (χ3v) is 6.19. The number of hydrogen-bond donors (Lipinski definition) is 4. The molecule has 0 heterocycles. The second kappa shape index (κ2) is 21.9. The van der Waals surface area contributed by atoms with E-state index < -0.39 is 51.7 Å². The first-order valence-electron chi connectivity index (χ1n) is 12.8. The quantitative estimate of drug-likeness (QED) is 0.0613. The summed E-state index contributed by atoms with van der Waals surface area (Å²) in [5.41, 5.74) is 5.15. The van der Waals surface area contributed by atoms with Crippen molar-refractivity contribution in [2.75, 3.05) is 19.8 Å². The number of aliphatic hydroxyl groups excluding tert-OH is 1. The number of aliphatic carboxylic acids is 1. The first-order chi connectivity index (χ1) is 16.7. The van der Waals surface area contributed by atoms with Crippen LogP contribution in [0.3, 0.4) is 0 Å². The lowest BCUT2D eigenvalue weighted by Gasteiger charge is -2.16. The molecule has 1 unspecified atom stereocenters. The van der Waals surface area contributed by atoms with Crippen LogP contribution in [-0.4, -0.2) is 59.0 Å². The number of ether oxygens (including phenoxy) is 1. The average molecular weight is 524 g/mol. The summed E-state index contributed by atoms with van der Waals surface area (Å²) in [6.45, 7) is 0.482. The summed E-state index contributed by atoms with van der Waals surface area (Å²) in [6.07, 6.45) is 18.6. The fourth-order valence-corrected chi connectivity index (χ4v) is 3.90. The summed E-state index contributed by atoms with van der Waals surface area (Å²) in [6, 6.07) is -1.48. The van der Waals surface area contributed by atoms with Crippen molar-refractivity contribution in [2.24, 2.45) is 5.73 Å². The zero-order valence-corrected chi connectivity index (χ0v) is 22.0. The van der Waals surface area contributed by atoms with Crippen LogP contribution in [0.4, 0.5) is 0 Å². The number of allylic oxidation sites excluding steroid dienone is 2. The van der Waals surface area contributed by atoms with Gasteiger partial charge in [0.1, 0.15) is 18.8 Å². The lowest BCUT2D eigenvalue weighted by Crippen LogP contribution is -2.34. The van der Waals surface area contributed by atoms with E-state index in [1.807, 2.05) is 0 Å². The van der Waals surface area contributed by atoms with E-state index in [1.54, 1.807) is 0 Å². The molecule has 35 heavy (non-hydrogen) atoms. The fraction of sp³-hybridized carbons (Fsp3) is 0.833. The standard InChI is InChI=1S/C24H46NO9P/c1-2-3-4-5-6-7-8-9-10-11-12-13-14-15-16-17-23(27)32-18-21(26)19-33-35(30,31)34-20-22(25)24(28)29/h9-10,21-22,26H,2-8,11-20,25H2,1H3,(H,28,29)(H,30,31)/b10-9-/t21-,22+/m1/s1. The van der Waals surface area contributed by atoms with Crippen molar-refractivity contribution < 1.29 is 43.0 Å². The van der Waals surface area contributed by atoms with Crippen molar-refractivity contribution >= 4 is 19.8 Å². The highest BCUT2D eigenvalue weighted by Gasteiger charge is 2.26. The number of rotatable bonds is 24. The number of esters is 1. The molecule has 11 heteroatoms. The summed E-state index contributed by atoms with van der Waals surface area (Å²) >= 11 is 0. The van der Waals surface area contributed by atoms with Crippen LogP contribution in [-0.2, 0) is 27.9 Å². The fourth-order valence-electron chi connectivity index (χ4n) is 3.11. The molecular formula is C24H46NO9P. The maximum absolute atomic E-state index is 11.7. The zero-order chi connectivity index (χ0) is 26.4. The number of unbranched alkanes of at least 4 members (excludes halogenated alkanes) is 11. The second-order valence-corrected chi connectivity index (χ2v) is 10.1. The largest absolute Gasteiger partial charge is 0.480 e. The minimum absolute atomic E-state index is 0.237. The Kier molecular flexibility index (Phi) is 21.1. The average Bonchev–Trinajstić information content (AvgIpc) is 2.82. The van der Waals surface area contributed by atoms with E-state index in [0.717, 1.165) is 32.1 Å². The Bertz CT molecular complexity index is 630. The third kappa shape index (κ3) is 22.9. The lowest BCUT2D eigenvalue weighted by atomic mass is 10.1. The van der Waals surface area contributed by atoms with Gasteiger partial charge in [0, 0.05) is 6.42 Å². The monoisotopic (exact) mass is 523 g/mol. The highest BCUT2D eigenvalue weighted by Crippen LogP contribution is 2.43. The predicted molar refractivity (Wildman–Crippen MR) is 134 cm³/mol. The minimum atomic E-state index is -4.58. The number of phosphoric ester groups is 1. The molecule has 0 fully saturated rings. The van der Waals surface area contributed by atoms with Gasteiger partial charge in [0.15, 0.2) is 0 Å². The van der Waals surface area contributed by atoms with Crippen molar-refractivity contribution in [3.05, 3.63) is 12.2 Å². The summed E-state index contributed by atoms with van der Waals surface area (Å²) in [5, 5.41) is 18.3. The molecule has 0 bridgehead atoms. The first-order valence-corrected chi connectivity index (χ1v) is 14.3. The molecule has 0 aliphatic rings. The molecule has 0 aliphatic heterocycles. The van der Waals surface area contributed by atoms with Crippen LogP contribution in [0.5, 0.6) is 0 Å². The van der Waals surface area contributed by atoms with Crippen LogP contribution in [0.1, 0.15) is 96.8 Å². The highest BCUT2D eigenvalue weighted by molar-refractivity contribution is 7.47. The normalized spacial score (nSPS) is 15.1. The Morgan fingerprint density at radius 1 is 0.857 bits per heavy atom. The molecule has 0 rings (SSSR count). The van der Waals surface area contributed by atoms with Gasteiger partial charge in [-0.2, -0.15) is 0 Å². The van der Waals surface area contributed by atoms with Gasteiger partial charge < -0.3 is 25.6 Å². The number of carboxylic acid groups (broad SMARTS) is 1. The van der Waals surface area contributed by atoms with E-state index in [9.17, 15) is 24.2 Å². The van der Waals surface area contributed by atoms with E-state index in [-0.39, 0.29) is 6.42 Å². The number of aliphatic hydroxyl groups is 1. The lowest BCUT2D eigenvalue weighted by molar-refractivity contribution is -0.147. The molecule has 10 nitrogen and oxygen atoms in total. The summed E-state index contributed by atoms with van der Waals surface area (Å²) in [4.78, 5) is 31.7. The van der Waals surface area contributed by atoms with Gasteiger partial charge in [-0.15, -0.1) is 0 Å². The predicted octanol–water partition coefficient (Wildman–Crippen LogP) is 4.47. The molecule has 5 N–H and O–H groups in total. The van der Waals surface area contributed by atoms with Gasteiger partial charge in [0.05, 0.1) is 13.2 Å². The number of carboxylic acids is 1. The topological polar surface area (TPSA) is 166 Å². The maximum atomic E-state index is 11.7. The highest BCUT2D eigenvalue weighted by atomic mass is 31.2. The number of hydrogen-bond acceptors (Lipinski definition) is 8. The molecule has 0 saturated heterocycles. The van der Waals surface area contributed by atoms with Gasteiger partial charge >= 0.3 is 19.8 Å². The van der Waals surface area contributed by atoms with Crippen LogP contribution >= 0.6 is 7.82 Å². The second-order valence-electron chi connectivity index (χ2n) is 8.68. The number of nitrogens with two attached hydrogens (primary N) is 1. The van der Waals surface area contributed by atoms with Gasteiger partial charge in [0.2, 0.25) is 0 Å². The van der Waals surface area contributed by atoms with Crippen molar-refractivity contribution in [3.8, 4) is 0 Å². The van der Waals surface area contributed by atoms with Crippen LogP contribution in [0, 0.1) is 0 Å². The van der Waals surface area contributed by atoms with Crippen LogP contribution in [0.15, 0.2) is 12.2 Å². The molecule has 0 aliphatic carbocycles. The van der Waals surface area contributed by atoms with Crippen LogP contribution in [0.25, 0.3) is 0 Å². The molecule has 0 spiro atoms. The minimum Gasteiger partial charge on any atom is -0.480 e. The van der Waals surface area contributed by atoms with Gasteiger partial charge in [-0.3, -0.25) is 18.6 Å². The van der Waals surface area contributed by atoms with Crippen LogP contribution < -0.4 is 5.73 Å². The molecule has 0 aromatic rings. The van der Waals surface area contributed by atoms with Gasteiger partial charge in [-0.1, -0.05) is 70.4 Å². The molecule has 3 atom stereocenters. The Morgan fingerprint density at radius 3 is 1.94 bits per heavy atom. The molecular weight excluding hydrogens is 477 g/mol. The smallest absolute Gasteiger partial charge is 0.472 e. The number of phosphoric acid groups is 1. The maximum Gasteiger partial charge on any atom is 0.472 e. The van der Waals surface area contributed by atoms with Crippen molar-refractivity contribution in [3.63, 3.8) is 0 Å². The van der Waals surface area contributed by atoms with E-state index in [1.165, 1.54) is 44.9 Å². The molecule has 0 amide bonds. The number of carbonyl (C=O) groups is 2. The Labute approximate surface area is 209 Å². The van der Waals surface area contributed by atoms with E-state index in [4.69, 9.17) is 15.6 Å². The van der Waals surface area contributed by atoms with Gasteiger partial charge in [0.25, 0.3) is 0 Å². The SMILES string of the molecule is CCCCCCCC/C=C\CCCCCCCC(=O)OC[C@@H](O)COP(=O)(O)OC[C@H](N)C(=O)O. The van der Waals surface area contributed by atoms with Gasteiger partial charge in [-0.05, 0) is 32.1 Å². The van der Waals surface area contributed by atoms with Gasteiger partial charge in [-0.25, -0.2) is 4.57 Å². The first kappa shape index (κ1) is 33.7. The Hall–Kier alpha value is -1.29. The Morgan fingerprint density at radius 2 is 1.37 bits per heavy atom. The molecule has 0 saturated carbocycles. The number of carbonyl (C=O) groups excluding carboxylic acids is 1. The summed E-state index contributed by atoms with van der Waals surface area (Å²) < 4.78 is 25.5. The zero-order valence-electron chi connectivity index (χ0n) is 21.1. The summed E-state index contributed by atoms with van der Waals surface area (Å²) in [7, 11) is -4.58. The van der Waals surface area contributed by atoms with E-state index in [0.29, 0.717) is 6.42 Å². The Balaban J connectivity index is 3.62. The molecule has 0 aromatic heterocycles. The van der Waals surface area contributed by atoms with E-state index >= 15 is 0 Å². The van der Waals surface area contributed by atoms with Crippen molar-refractivity contribution in [1.82, 2.24) is 0 Å². The van der Waals surface area contributed by atoms with E-state index in [2.05, 4.69) is 28.1 Å². The molecule has 0 radical (unpaired) electrons.